The number of anilines is 1. The zero-order valence-corrected chi connectivity index (χ0v) is 13.6. The first-order valence-corrected chi connectivity index (χ1v) is 7.90. The van der Waals surface area contributed by atoms with E-state index in [9.17, 15) is 0 Å². The van der Waals surface area contributed by atoms with Crippen LogP contribution in [0.5, 0.6) is 0 Å². The third-order valence-corrected chi connectivity index (χ3v) is 4.40. The van der Waals surface area contributed by atoms with E-state index in [2.05, 4.69) is 31.2 Å². The summed E-state index contributed by atoms with van der Waals surface area (Å²) in [5.74, 6) is 2.16. The molecular weight excluding hydrogens is 354 g/mol. The molecule has 3 aromatic rings. The summed E-state index contributed by atoms with van der Waals surface area (Å²) in [6.45, 7) is 0. The molecule has 21 heavy (non-hydrogen) atoms. The van der Waals surface area contributed by atoms with E-state index in [1.165, 1.54) is 0 Å². The fourth-order valence-electron chi connectivity index (χ4n) is 1.71. The van der Waals surface area contributed by atoms with E-state index in [0.717, 1.165) is 9.37 Å². The smallest absolute Gasteiger partial charge is 0.263 e. The molecule has 0 bridgehead atoms. The second-order valence-electron chi connectivity index (χ2n) is 4.33. The predicted octanol–water partition coefficient (Wildman–Crippen LogP) is 3.11. The summed E-state index contributed by atoms with van der Waals surface area (Å²) >= 11 is 5.05. The fourth-order valence-corrected chi connectivity index (χ4v) is 2.72. The van der Waals surface area contributed by atoms with Crippen molar-refractivity contribution in [2.24, 2.45) is 7.05 Å². The third-order valence-electron chi connectivity index (χ3n) is 2.86. The molecule has 0 aliphatic heterocycles. The maximum atomic E-state index is 5.89. The van der Waals surface area contributed by atoms with Crippen molar-refractivity contribution in [2.45, 2.75) is 10.6 Å². The second-order valence-corrected chi connectivity index (χ2v) is 6.29. The number of aromatic nitrogens is 4. The number of hydrogen-bond donors (Lipinski definition) is 1. The maximum absolute atomic E-state index is 5.89. The lowest BCUT2D eigenvalue weighted by atomic mass is 10.3. The number of thioether (sulfide) groups is 1. The van der Waals surface area contributed by atoms with Gasteiger partial charge in [-0.2, -0.15) is 10.1 Å². The van der Waals surface area contributed by atoms with Crippen LogP contribution in [0.15, 0.2) is 44.4 Å². The Morgan fingerprint density at radius 3 is 2.76 bits per heavy atom. The molecule has 0 radical (unpaired) electrons. The molecule has 0 spiro atoms. The van der Waals surface area contributed by atoms with Gasteiger partial charge in [0, 0.05) is 16.4 Å². The Morgan fingerprint density at radius 2 is 2.10 bits per heavy atom. The minimum Gasteiger partial charge on any atom is -0.383 e. The van der Waals surface area contributed by atoms with Crippen LogP contribution in [0.1, 0.15) is 5.82 Å². The summed E-state index contributed by atoms with van der Waals surface area (Å²) in [6, 6.07) is 8.07. The van der Waals surface area contributed by atoms with Crippen LogP contribution in [0, 0.1) is 0 Å². The molecule has 0 atom stereocenters. The third kappa shape index (κ3) is 3.11. The van der Waals surface area contributed by atoms with Crippen molar-refractivity contribution in [3.63, 3.8) is 0 Å². The maximum Gasteiger partial charge on any atom is 0.263 e. The number of halogens is 1. The Balaban J connectivity index is 1.70. The number of hydrogen-bond acceptors (Lipinski definition) is 6. The largest absolute Gasteiger partial charge is 0.383 e. The molecule has 0 amide bonds. The fraction of sp³-hybridized carbons (Fsp3) is 0.154. The highest BCUT2D eigenvalue weighted by molar-refractivity contribution is 9.10. The lowest BCUT2D eigenvalue weighted by Crippen LogP contribution is -1.98. The van der Waals surface area contributed by atoms with E-state index in [0.29, 0.717) is 28.8 Å². The topological polar surface area (TPSA) is 82.8 Å². The molecule has 2 aromatic heterocycles. The van der Waals surface area contributed by atoms with E-state index in [1.54, 1.807) is 29.7 Å². The van der Waals surface area contributed by atoms with Crippen LogP contribution in [0.4, 0.5) is 5.82 Å². The molecule has 3 rings (SSSR count). The van der Waals surface area contributed by atoms with Gasteiger partial charge in [-0.3, -0.25) is 4.68 Å². The highest BCUT2D eigenvalue weighted by atomic mass is 79.9. The summed E-state index contributed by atoms with van der Waals surface area (Å²) in [4.78, 5) is 5.49. The minimum absolute atomic E-state index is 0.395. The number of nitrogens with zero attached hydrogens (tertiary/aromatic N) is 4. The molecule has 8 heteroatoms. The number of rotatable bonds is 4. The van der Waals surface area contributed by atoms with Gasteiger partial charge in [-0.15, -0.1) is 11.8 Å². The Morgan fingerprint density at radius 1 is 1.33 bits per heavy atom. The molecule has 0 unspecified atom stereocenters. The van der Waals surface area contributed by atoms with Crippen molar-refractivity contribution in [1.82, 2.24) is 19.9 Å². The predicted molar refractivity (Wildman–Crippen MR) is 84.6 cm³/mol. The van der Waals surface area contributed by atoms with Crippen molar-refractivity contribution >= 4 is 33.5 Å². The summed E-state index contributed by atoms with van der Waals surface area (Å²) in [5, 5.41) is 8.02. The standard InChI is InChI=1S/C13H12BrN5OS/c1-19-12(15)10(6-16-19)13-17-11(18-20-13)7-21-9-4-2-8(14)3-5-9/h2-6H,7,15H2,1H3. The number of nitrogens with two attached hydrogens (primary N) is 1. The van der Waals surface area contributed by atoms with Crippen LogP contribution in [0.25, 0.3) is 11.5 Å². The molecule has 6 nitrogen and oxygen atoms in total. The van der Waals surface area contributed by atoms with Crippen LogP contribution in [0.3, 0.4) is 0 Å². The van der Waals surface area contributed by atoms with E-state index >= 15 is 0 Å². The highest BCUT2D eigenvalue weighted by Gasteiger charge is 2.15. The van der Waals surface area contributed by atoms with Gasteiger partial charge in [0.15, 0.2) is 5.82 Å². The summed E-state index contributed by atoms with van der Waals surface area (Å²) in [7, 11) is 1.76. The molecule has 0 aliphatic rings. The van der Waals surface area contributed by atoms with Gasteiger partial charge >= 0.3 is 0 Å². The van der Waals surface area contributed by atoms with E-state index in [-0.39, 0.29) is 0 Å². The number of benzene rings is 1. The van der Waals surface area contributed by atoms with Crippen molar-refractivity contribution in [3.8, 4) is 11.5 Å². The van der Waals surface area contributed by atoms with E-state index < -0.39 is 0 Å². The molecule has 0 saturated carbocycles. The van der Waals surface area contributed by atoms with Crippen LogP contribution < -0.4 is 5.73 Å². The lowest BCUT2D eigenvalue weighted by molar-refractivity contribution is 0.425. The van der Waals surface area contributed by atoms with Gasteiger partial charge in [0.05, 0.1) is 11.9 Å². The van der Waals surface area contributed by atoms with Gasteiger partial charge in [0.1, 0.15) is 11.4 Å². The summed E-state index contributed by atoms with van der Waals surface area (Å²) in [6.07, 6.45) is 1.62. The van der Waals surface area contributed by atoms with E-state index in [1.807, 2.05) is 24.3 Å². The molecule has 0 saturated heterocycles. The first kappa shape index (κ1) is 14.2. The Labute approximate surface area is 133 Å². The molecule has 2 heterocycles. The molecule has 108 valence electrons. The monoisotopic (exact) mass is 365 g/mol. The van der Waals surface area contributed by atoms with Gasteiger partial charge in [0.25, 0.3) is 5.89 Å². The average molecular weight is 366 g/mol. The summed E-state index contributed by atoms with van der Waals surface area (Å²) < 4.78 is 7.86. The number of nitrogen functional groups attached to an aromatic ring is 1. The molecule has 2 N–H and O–H groups in total. The summed E-state index contributed by atoms with van der Waals surface area (Å²) in [5.41, 5.74) is 6.54. The van der Waals surface area contributed by atoms with Gasteiger partial charge in [-0.25, -0.2) is 0 Å². The van der Waals surface area contributed by atoms with E-state index in [4.69, 9.17) is 10.3 Å². The SMILES string of the molecule is Cn1ncc(-c2nc(CSc3ccc(Br)cc3)no2)c1N. The van der Waals surface area contributed by atoms with Crippen LogP contribution in [0.2, 0.25) is 0 Å². The zero-order chi connectivity index (χ0) is 14.8. The minimum atomic E-state index is 0.395. The average Bonchev–Trinajstić information content (AvgIpc) is 3.07. The first-order valence-electron chi connectivity index (χ1n) is 6.12. The van der Waals surface area contributed by atoms with Gasteiger partial charge in [0.2, 0.25) is 0 Å². The Kier molecular flexibility index (Phi) is 3.98. The Hall–Kier alpha value is -1.80. The van der Waals surface area contributed by atoms with Crippen molar-refractivity contribution in [3.05, 3.63) is 40.8 Å². The van der Waals surface area contributed by atoms with Gasteiger partial charge in [-0.1, -0.05) is 21.1 Å². The molecule has 0 aliphatic carbocycles. The second kappa shape index (κ2) is 5.90. The van der Waals surface area contributed by atoms with Crippen LogP contribution in [-0.4, -0.2) is 19.9 Å². The van der Waals surface area contributed by atoms with Gasteiger partial charge < -0.3 is 10.3 Å². The highest BCUT2D eigenvalue weighted by Crippen LogP contribution is 2.26. The van der Waals surface area contributed by atoms with Crippen molar-refractivity contribution < 1.29 is 4.52 Å². The molecule has 1 aromatic carbocycles. The quantitative estimate of drug-likeness (QED) is 0.715. The first-order chi connectivity index (χ1) is 10.1. The van der Waals surface area contributed by atoms with Gasteiger partial charge in [-0.05, 0) is 24.3 Å². The molecular formula is C13H12BrN5OS. The van der Waals surface area contributed by atoms with Crippen molar-refractivity contribution in [1.29, 1.82) is 0 Å². The Bertz CT molecular complexity index is 752. The molecule has 0 fully saturated rings. The lowest BCUT2D eigenvalue weighted by Gasteiger charge is -1.98. The normalized spacial score (nSPS) is 11.0. The zero-order valence-electron chi connectivity index (χ0n) is 11.2. The van der Waals surface area contributed by atoms with Crippen LogP contribution in [-0.2, 0) is 12.8 Å². The van der Waals surface area contributed by atoms with Crippen molar-refractivity contribution in [2.75, 3.05) is 5.73 Å². The number of aryl methyl sites for hydroxylation is 1. The van der Waals surface area contributed by atoms with Crippen LogP contribution >= 0.6 is 27.7 Å².